The molecule has 116 valence electrons. The average Bonchev–Trinajstić information content (AvgIpc) is 2.39. The van der Waals surface area contributed by atoms with Crippen molar-refractivity contribution in [2.45, 2.75) is 32.7 Å². The highest BCUT2D eigenvalue weighted by Crippen LogP contribution is 2.06. The molecule has 6 heteroatoms. The number of halogens is 1. The molecule has 5 nitrogen and oxygen atoms in total. The average molecular weight is 296 g/mol. The Morgan fingerprint density at radius 1 is 1.29 bits per heavy atom. The first-order valence-corrected chi connectivity index (χ1v) is 6.90. The van der Waals surface area contributed by atoms with E-state index >= 15 is 0 Å². The normalized spacial score (nSPS) is 12.0. The molecule has 0 aliphatic heterocycles. The van der Waals surface area contributed by atoms with Crippen molar-refractivity contribution in [3.63, 3.8) is 0 Å². The van der Waals surface area contributed by atoms with Gasteiger partial charge in [0.25, 0.3) is 0 Å². The van der Waals surface area contributed by atoms with E-state index in [0.717, 1.165) is 0 Å². The van der Waals surface area contributed by atoms with Crippen molar-refractivity contribution in [3.8, 4) is 0 Å². The second-order valence-electron chi connectivity index (χ2n) is 5.26. The zero-order valence-corrected chi connectivity index (χ0v) is 12.2. The van der Waals surface area contributed by atoms with Crippen molar-refractivity contribution in [1.82, 2.24) is 10.6 Å². The van der Waals surface area contributed by atoms with E-state index in [4.69, 9.17) is 5.11 Å². The maximum atomic E-state index is 13.4. The monoisotopic (exact) mass is 296 g/mol. The van der Waals surface area contributed by atoms with Crippen molar-refractivity contribution in [3.05, 3.63) is 35.6 Å². The fourth-order valence-electron chi connectivity index (χ4n) is 1.91. The number of urea groups is 1. The number of rotatable bonds is 7. The van der Waals surface area contributed by atoms with Crippen LogP contribution in [-0.4, -0.2) is 29.7 Å². The first kappa shape index (κ1) is 16.9. The highest BCUT2D eigenvalue weighted by Gasteiger charge is 2.20. The molecule has 0 aliphatic rings. The second-order valence-corrected chi connectivity index (χ2v) is 5.26. The number of carboxylic acids is 1. The van der Waals surface area contributed by atoms with Crippen molar-refractivity contribution < 1.29 is 19.1 Å². The van der Waals surface area contributed by atoms with Gasteiger partial charge in [0.2, 0.25) is 0 Å². The van der Waals surface area contributed by atoms with Gasteiger partial charge in [-0.1, -0.05) is 32.0 Å². The predicted octanol–water partition coefficient (Wildman–Crippen LogP) is 2.17. The molecular weight excluding hydrogens is 275 g/mol. The van der Waals surface area contributed by atoms with Crippen LogP contribution in [0.2, 0.25) is 0 Å². The topological polar surface area (TPSA) is 78.4 Å². The Kier molecular flexibility index (Phi) is 6.65. The highest BCUT2D eigenvalue weighted by atomic mass is 19.1. The van der Waals surface area contributed by atoms with Gasteiger partial charge in [-0.3, -0.25) is 0 Å². The fraction of sp³-hybridized carbons (Fsp3) is 0.467. The van der Waals surface area contributed by atoms with Gasteiger partial charge in [-0.15, -0.1) is 0 Å². The molecule has 0 heterocycles. The van der Waals surface area contributed by atoms with Crippen LogP contribution in [0, 0.1) is 11.7 Å². The van der Waals surface area contributed by atoms with E-state index in [9.17, 15) is 14.0 Å². The molecule has 0 aliphatic carbocycles. The molecule has 1 aromatic rings. The first-order chi connectivity index (χ1) is 9.90. The van der Waals surface area contributed by atoms with E-state index in [1.54, 1.807) is 18.2 Å². The molecular formula is C15H21FN2O3. The number of carboxylic acid groups (broad SMARTS) is 1. The molecule has 0 unspecified atom stereocenters. The van der Waals surface area contributed by atoms with E-state index in [0.29, 0.717) is 18.4 Å². The largest absolute Gasteiger partial charge is 0.480 e. The zero-order chi connectivity index (χ0) is 15.8. The number of aliphatic carboxylic acids is 1. The van der Waals surface area contributed by atoms with Gasteiger partial charge in [0.05, 0.1) is 0 Å². The lowest BCUT2D eigenvalue weighted by Gasteiger charge is -2.17. The Morgan fingerprint density at radius 2 is 1.95 bits per heavy atom. The Labute approximate surface area is 123 Å². The Morgan fingerprint density at radius 3 is 2.52 bits per heavy atom. The lowest BCUT2D eigenvalue weighted by atomic mass is 10.0. The van der Waals surface area contributed by atoms with E-state index in [2.05, 4.69) is 10.6 Å². The fourth-order valence-corrected chi connectivity index (χ4v) is 1.91. The van der Waals surface area contributed by atoms with Crippen LogP contribution in [-0.2, 0) is 11.2 Å². The second kappa shape index (κ2) is 8.24. The van der Waals surface area contributed by atoms with Gasteiger partial charge < -0.3 is 15.7 Å². The summed E-state index contributed by atoms with van der Waals surface area (Å²) < 4.78 is 13.4. The molecule has 0 bridgehead atoms. The maximum Gasteiger partial charge on any atom is 0.326 e. The lowest BCUT2D eigenvalue weighted by molar-refractivity contribution is -0.139. The summed E-state index contributed by atoms with van der Waals surface area (Å²) in [4.78, 5) is 22.7. The third kappa shape index (κ3) is 6.25. The summed E-state index contributed by atoms with van der Waals surface area (Å²) in [6.45, 7) is 4.00. The molecule has 0 radical (unpaired) electrons. The van der Waals surface area contributed by atoms with Crippen LogP contribution >= 0.6 is 0 Å². The minimum absolute atomic E-state index is 0.157. The van der Waals surface area contributed by atoms with Crippen molar-refractivity contribution in [2.24, 2.45) is 5.92 Å². The number of carbonyl (C=O) groups excluding carboxylic acids is 1. The van der Waals surface area contributed by atoms with Crippen LogP contribution in [0.1, 0.15) is 25.8 Å². The van der Waals surface area contributed by atoms with Crippen LogP contribution in [0.25, 0.3) is 0 Å². The van der Waals surface area contributed by atoms with Gasteiger partial charge in [-0.2, -0.15) is 0 Å². The van der Waals surface area contributed by atoms with Crippen LogP contribution in [0.3, 0.4) is 0 Å². The van der Waals surface area contributed by atoms with Crippen molar-refractivity contribution >= 4 is 12.0 Å². The molecule has 0 saturated heterocycles. The standard InChI is InChI=1S/C15H21FN2O3/c1-10(2)9-13(14(19)20)18-15(21)17-8-7-11-5-3-4-6-12(11)16/h3-6,10,13H,7-9H2,1-2H3,(H,19,20)(H2,17,18,21)/t13-/m1/s1. The number of hydrogen-bond acceptors (Lipinski definition) is 2. The summed E-state index contributed by atoms with van der Waals surface area (Å²) in [6.07, 6.45) is 0.706. The van der Waals surface area contributed by atoms with Crippen LogP contribution in [0.15, 0.2) is 24.3 Å². The summed E-state index contributed by atoms with van der Waals surface area (Å²) in [6, 6.07) is 4.86. The molecule has 1 aromatic carbocycles. The lowest BCUT2D eigenvalue weighted by Crippen LogP contribution is -2.47. The van der Waals surface area contributed by atoms with Gasteiger partial charge in [0, 0.05) is 6.54 Å². The Hall–Kier alpha value is -2.11. The van der Waals surface area contributed by atoms with E-state index < -0.39 is 18.0 Å². The summed E-state index contributed by atoms with van der Waals surface area (Å²) in [5.74, 6) is -1.22. The maximum absolute atomic E-state index is 13.4. The molecule has 0 fully saturated rings. The van der Waals surface area contributed by atoms with Crippen LogP contribution < -0.4 is 10.6 Å². The molecule has 0 aromatic heterocycles. The number of nitrogens with one attached hydrogen (secondary N) is 2. The van der Waals surface area contributed by atoms with E-state index in [-0.39, 0.29) is 18.3 Å². The molecule has 21 heavy (non-hydrogen) atoms. The third-order valence-electron chi connectivity index (χ3n) is 2.95. The molecule has 3 N–H and O–H groups in total. The molecule has 0 saturated carbocycles. The highest BCUT2D eigenvalue weighted by molar-refractivity contribution is 5.82. The summed E-state index contributed by atoms with van der Waals surface area (Å²) in [7, 11) is 0. The quantitative estimate of drug-likeness (QED) is 0.721. The van der Waals surface area contributed by atoms with Crippen LogP contribution in [0.4, 0.5) is 9.18 Å². The number of carbonyl (C=O) groups is 2. The smallest absolute Gasteiger partial charge is 0.326 e. The van der Waals surface area contributed by atoms with Crippen molar-refractivity contribution in [2.75, 3.05) is 6.54 Å². The van der Waals surface area contributed by atoms with Crippen molar-refractivity contribution in [1.29, 1.82) is 0 Å². The number of benzene rings is 1. The van der Waals surface area contributed by atoms with E-state index in [1.807, 2.05) is 13.8 Å². The molecule has 2 amide bonds. The summed E-state index contributed by atoms with van der Waals surface area (Å²) in [5.41, 5.74) is 0.509. The third-order valence-corrected chi connectivity index (χ3v) is 2.95. The Bertz CT molecular complexity index is 492. The molecule has 1 atom stereocenters. The van der Waals surface area contributed by atoms with Gasteiger partial charge in [0.15, 0.2) is 0 Å². The Balaban J connectivity index is 2.39. The van der Waals surface area contributed by atoms with Crippen LogP contribution in [0.5, 0.6) is 0 Å². The predicted molar refractivity (Wildman–Crippen MR) is 77.5 cm³/mol. The van der Waals surface area contributed by atoms with Gasteiger partial charge in [-0.05, 0) is 30.4 Å². The van der Waals surface area contributed by atoms with E-state index in [1.165, 1.54) is 6.07 Å². The van der Waals surface area contributed by atoms with Gasteiger partial charge in [0.1, 0.15) is 11.9 Å². The summed E-state index contributed by atoms with van der Waals surface area (Å²) in [5, 5.41) is 14.0. The zero-order valence-electron chi connectivity index (χ0n) is 12.2. The number of hydrogen-bond donors (Lipinski definition) is 3. The van der Waals surface area contributed by atoms with Gasteiger partial charge in [-0.25, -0.2) is 14.0 Å². The number of amides is 2. The SMILES string of the molecule is CC(C)C[C@@H](NC(=O)NCCc1ccccc1F)C(=O)O. The molecule has 1 rings (SSSR count). The minimum atomic E-state index is -1.06. The minimum Gasteiger partial charge on any atom is -0.480 e. The summed E-state index contributed by atoms with van der Waals surface area (Å²) >= 11 is 0. The first-order valence-electron chi connectivity index (χ1n) is 6.90. The van der Waals surface area contributed by atoms with Gasteiger partial charge >= 0.3 is 12.0 Å². The molecule has 0 spiro atoms.